The molecule has 2 aromatic carbocycles. The van der Waals surface area contributed by atoms with Gasteiger partial charge in [-0.25, -0.2) is 0 Å². The molecule has 0 bridgehead atoms. The summed E-state index contributed by atoms with van der Waals surface area (Å²) in [5, 5.41) is 10.5. The maximum atomic E-state index is 12.9. The van der Waals surface area contributed by atoms with Gasteiger partial charge in [-0.3, -0.25) is 4.79 Å². The van der Waals surface area contributed by atoms with Crippen molar-refractivity contribution >= 4 is 5.91 Å². The Bertz CT molecular complexity index is 842. The first-order valence-electron chi connectivity index (χ1n) is 10.1. The van der Waals surface area contributed by atoms with Crippen LogP contribution < -0.4 is 0 Å². The Balaban J connectivity index is 1.60. The summed E-state index contributed by atoms with van der Waals surface area (Å²) in [4.78, 5) is 16.3. The highest BCUT2D eigenvalue weighted by atomic mass is 19.4. The van der Waals surface area contributed by atoms with Crippen LogP contribution in [0.2, 0.25) is 0 Å². The van der Waals surface area contributed by atoms with E-state index in [1.54, 1.807) is 11.0 Å². The fraction of sp³-hybridized carbons (Fsp3) is 0.435. The van der Waals surface area contributed by atoms with Gasteiger partial charge >= 0.3 is 6.18 Å². The van der Waals surface area contributed by atoms with Crippen LogP contribution in [-0.4, -0.2) is 47.0 Å². The number of hydrogen-bond donors (Lipinski definition) is 1. The van der Waals surface area contributed by atoms with Gasteiger partial charge in [-0.15, -0.1) is 0 Å². The number of aliphatic hydroxyl groups excluding tert-OH is 1. The fourth-order valence-electron chi connectivity index (χ4n) is 3.90. The number of benzene rings is 2. The van der Waals surface area contributed by atoms with Gasteiger partial charge in [0, 0.05) is 32.1 Å². The van der Waals surface area contributed by atoms with Crippen LogP contribution in [0.3, 0.4) is 0 Å². The monoisotopic (exact) mass is 420 g/mol. The molecule has 162 valence electrons. The largest absolute Gasteiger partial charge is 0.416 e. The summed E-state index contributed by atoms with van der Waals surface area (Å²) in [6.45, 7) is 1.11. The molecule has 1 aliphatic rings. The fourth-order valence-corrected chi connectivity index (χ4v) is 3.90. The molecule has 1 N–H and O–H groups in total. The number of nitrogens with zero attached hydrogens (tertiary/aromatic N) is 2. The third-order valence-corrected chi connectivity index (χ3v) is 5.67. The summed E-state index contributed by atoms with van der Waals surface area (Å²) in [7, 11) is 1.93. The molecule has 7 heteroatoms. The summed E-state index contributed by atoms with van der Waals surface area (Å²) < 4.78 is 38.8. The van der Waals surface area contributed by atoms with Crippen molar-refractivity contribution < 1.29 is 23.1 Å². The molecule has 0 saturated carbocycles. The average Bonchev–Trinajstić information content (AvgIpc) is 2.90. The molecule has 2 unspecified atom stereocenters. The van der Waals surface area contributed by atoms with E-state index in [1.165, 1.54) is 6.07 Å². The van der Waals surface area contributed by atoms with Crippen molar-refractivity contribution in [2.24, 2.45) is 0 Å². The minimum Gasteiger partial charge on any atom is -0.387 e. The number of hydrogen-bond acceptors (Lipinski definition) is 3. The van der Waals surface area contributed by atoms with Crippen molar-refractivity contribution in [3.63, 3.8) is 0 Å². The minimum atomic E-state index is -4.40. The molecule has 1 amide bonds. The van der Waals surface area contributed by atoms with Crippen LogP contribution in [-0.2, 0) is 17.5 Å². The number of carbonyl (C=O) groups is 1. The zero-order valence-corrected chi connectivity index (χ0v) is 17.0. The van der Waals surface area contributed by atoms with Crippen LogP contribution in [0.5, 0.6) is 0 Å². The number of likely N-dealkylation sites (N-methyl/N-ethyl adjacent to an activating group) is 1. The summed E-state index contributed by atoms with van der Waals surface area (Å²) in [5.41, 5.74) is 0.625. The highest BCUT2D eigenvalue weighted by Crippen LogP contribution is 2.30. The molecule has 1 saturated heterocycles. The van der Waals surface area contributed by atoms with Gasteiger partial charge in [-0.05, 0) is 43.1 Å². The Morgan fingerprint density at radius 2 is 1.87 bits per heavy atom. The van der Waals surface area contributed by atoms with Crippen LogP contribution in [0.15, 0.2) is 54.6 Å². The SMILES string of the molecule is CN(CC(O)c1ccccc1)C1CCC(=O)N(Cc2cccc(C(F)(F)F)c2)CC1. The molecule has 2 atom stereocenters. The molecular formula is C23H27F3N2O2. The highest BCUT2D eigenvalue weighted by Gasteiger charge is 2.31. The normalized spacial score (nSPS) is 19.1. The molecule has 3 rings (SSSR count). The number of halogens is 3. The zero-order chi connectivity index (χ0) is 21.7. The smallest absolute Gasteiger partial charge is 0.387 e. The summed E-state index contributed by atoms with van der Waals surface area (Å²) in [6, 6.07) is 14.7. The lowest BCUT2D eigenvalue weighted by molar-refractivity contribution is -0.137. The third kappa shape index (κ3) is 5.83. The molecule has 4 nitrogen and oxygen atoms in total. The van der Waals surface area contributed by atoms with Crippen molar-refractivity contribution in [3.8, 4) is 0 Å². The van der Waals surface area contributed by atoms with Crippen molar-refractivity contribution in [1.82, 2.24) is 9.80 Å². The van der Waals surface area contributed by atoms with Crippen LogP contribution in [0.1, 0.15) is 42.1 Å². The van der Waals surface area contributed by atoms with E-state index in [-0.39, 0.29) is 18.5 Å². The van der Waals surface area contributed by atoms with Gasteiger partial charge in [0.1, 0.15) is 0 Å². The van der Waals surface area contributed by atoms with Crippen molar-refractivity contribution in [2.75, 3.05) is 20.1 Å². The summed E-state index contributed by atoms with van der Waals surface area (Å²) >= 11 is 0. The van der Waals surface area contributed by atoms with Crippen LogP contribution in [0.25, 0.3) is 0 Å². The lowest BCUT2D eigenvalue weighted by atomic mass is 10.1. The number of carbonyl (C=O) groups excluding carboxylic acids is 1. The molecule has 1 fully saturated rings. The molecule has 1 aliphatic heterocycles. The Kier molecular flexibility index (Phi) is 7.15. The van der Waals surface area contributed by atoms with Crippen LogP contribution >= 0.6 is 0 Å². The van der Waals surface area contributed by atoms with Gasteiger partial charge in [-0.2, -0.15) is 13.2 Å². The van der Waals surface area contributed by atoms with Gasteiger partial charge in [-0.1, -0.05) is 42.5 Å². The topological polar surface area (TPSA) is 43.8 Å². The number of rotatable bonds is 6. The Labute approximate surface area is 174 Å². The van der Waals surface area contributed by atoms with E-state index in [0.29, 0.717) is 37.9 Å². The predicted octanol–water partition coefficient (Wildman–Crippen LogP) is 4.25. The van der Waals surface area contributed by atoms with Gasteiger partial charge in [0.15, 0.2) is 0 Å². The van der Waals surface area contributed by atoms with Crippen LogP contribution in [0.4, 0.5) is 13.2 Å². The standard InChI is InChI=1S/C23H27F3N2O2/c1-27(16-21(29)18-7-3-2-4-8-18)20-10-11-22(30)28(13-12-20)15-17-6-5-9-19(14-17)23(24,25)26/h2-9,14,20-21,29H,10-13,15-16H2,1H3. The quantitative estimate of drug-likeness (QED) is 0.760. The van der Waals surface area contributed by atoms with E-state index in [1.807, 2.05) is 37.4 Å². The molecule has 0 spiro atoms. The molecule has 0 radical (unpaired) electrons. The Morgan fingerprint density at radius 3 is 2.57 bits per heavy atom. The van der Waals surface area contributed by atoms with E-state index in [9.17, 15) is 23.1 Å². The second-order valence-corrected chi connectivity index (χ2v) is 7.86. The summed E-state index contributed by atoms with van der Waals surface area (Å²) in [6.07, 6.45) is -3.29. The Hall–Kier alpha value is -2.38. The van der Waals surface area contributed by atoms with Gasteiger partial charge in [0.25, 0.3) is 0 Å². The third-order valence-electron chi connectivity index (χ3n) is 5.67. The number of alkyl halides is 3. The number of amides is 1. The Morgan fingerprint density at radius 1 is 1.13 bits per heavy atom. The van der Waals surface area contributed by atoms with E-state index < -0.39 is 17.8 Å². The minimum absolute atomic E-state index is 0.0491. The first-order chi connectivity index (χ1) is 14.2. The second kappa shape index (κ2) is 9.62. The predicted molar refractivity (Wildman–Crippen MR) is 109 cm³/mol. The van der Waals surface area contributed by atoms with Crippen molar-refractivity contribution in [2.45, 2.75) is 44.1 Å². The molecule has 0 aromatic heterocycles. The van der Waals surface area contributed by atoms with Crippen molar-refractivity contribution in [1.29, 1.82) is 0 Å². The van der Waals surface area contributed by atoms with Gasteiger partial charge < -0.3 is 14.9 Å². The highest BCUT2D eigenvalue weighted by molar-refractivity contribution is 5.76. The number of likely N-dealkylation sites (tertiary alicyclic amines) is 1. The molecule has 30 heavy (non-hydrogen) atoms. The maximum absolute atomic E-state index is 12.9. The zero-order valence-electron chi connectivity index (χ0n) is 17.0. The molecular weight excluding hydrogens is 393 g/mol. The van der Waals surface area contributed by atoms with Crippen molar-refractivity contribution in [3.05, 3.63) is 71.3 Å². The van der Waals surface area contributed by atoms with Crippen LogP contribution in [0, 0.1) is 0 Å². The molecule has 0 aliphatic carbocycles. The molecule has 2 aromatic rings. The number of aliphatic hydroxyl groups is 1. The van der Waals surface area contributed by atoms with E-state index >= 15 is 0 Å². The van der Waals surface area contributed by atoms with E-state index in [2.05, 4.69) is 4.90 Å². The van der Waals surface area contributed by atoms with E-state index in [4.69, 9.17) is 0 Å². The molecule has 1 heterocycles. The summed E-state index contributed by atoms with van der Waals surface area (Å²) in [5.74, 6) is -0.0491. The second-order valence-electron chi connectivity index (χ2n) is 7.86. The first kappa shape index (κ1) is 22.3. The van der Waals surface area contributed by atoms with Gasteiger partial charge in [0.2, 0.25) is 5.91 Å². The van der Waals surface area contributed by atoms with Gasteiger partial charge in [0.05, 0.1) is 11.7 Å². The maximum Gasteiger partial charge on any atom is 0.416 e. The lowest BCUT2D eigenvalue weighted by Crippen LogP contribution is -2.36. The van der Waals surface area contributed by atoms with E-state index in [0.717, 1.165) is 17.7 Å². The first-order valence-corrected chi connectivity index (χ1v) is 10.1. The average molecular weight is 420 g/mol. The lowest BCUT2D eigenvalue weighted by Gasteiger charge is -2.29.